The van der Waals surface area contributed by atoms with Gasteiger partial charge in [-0.1, -0.05) is 0 Å². The molecule has 0 aromatic carbocycles. The quantitative estimate of drug-likeness (QED) is 0.529. The summed E-state index contributed by atoms with van der Waals surface area (Å²) in [4.78, 5) is 2.18. The number of hydrogen-bond donors (Lipinski definition) is 3. The molecule has 1 fully saturated rings. The zero-order valence-electron chi connectivity index (χ0n) is 11.0. The topological polar surface area (TPSA) is 91.2 Å². The number of amidine groups is 1. The molecule has 0 spiro atoms. The standard InChI is InChI=1S/C12H21N5O/c1-8-10(11(13)14)12(16(2)15-8)17-5-3-4-9(6-17)7-18/h9,18H,3-7H2,1-2H3,(H3,13,14). The third kappa shape index (κ3) is 2.20. The van der Waals surface area contributed by atoms with Gasteiger partial charge in [0.1, 0.15) is 11.7 Å². The molecule has 2 rings (SSSR count). The Morgan fingerprint density at radius 1 is 1.61 bits per heavy atom. The van der Waals surface area contributed by atoms with Crippen molar-refractivity contribution in [2.24, 2.45) is 18.7 Å². The number of rotatable bonds is 3. The Kier molecular flexibility index (Phi) is 3.56. The number of nitrogen functional groups attached to an aromatic ring is 1. The molecule has 1 aliphatic rings. The van der Waals surface area contributed by atoms with Crippen LogP contribution in [0.4, 0.5) is 5.82 Å². The first kappa shape index (κ1) is 12.9. The lowest BCUT2D eigenvalue weighted by molar-refractivity contribution is 0.208. The first-order valence-electron chi connectivity index (χ1n) is 6.28. The van der Waals surface area contributed by atoms with Gasteiger partial charge in [0.05, 0.1) is 11.3 Å². The maximum Gasteiger partial charge on any atom is 0.137 e. The minimum absolute atomic E-state index is 0.0571. The van der Waals surface area contributed by atoms with Gasteiger partial charge >= 0.3 is 0 Å². The Hall–Kier alpha value is -1.56. The van der Waals surface area contributed by atoms with E-state index in [-0.39, 0.29) is 12.4 Å². The maximum atomic E-state index is 9.29. The number of piperidine rings is 1. The first-order chi connectivity index (χ1) is 8.54. The highest BCUT2D eigenvalue weighted by atomic mass is 16.3. The number of nitrogens with two attached hydrogens (primary N) is 1. The summed E-state index contributed by atoms with van der Waals surface area (Å²) in [6, 6.07) is 0. The number of nitrogens with one attached hydrogen (secondary N) is 1. The molecule has 4 N–H and O–H groups in total. The normalized spacial score (nSPS) is 20.2. The second kappa shape index (κ2) is 4.97. The summed E-state index contributed by atoms with van der Waals surface area (Å²) in [6.45, 7) is 3.81. The van der Waals surface area contributed by atoms with Crippen molar-refractivity contribution in [1.29, 1.82) is 5.41 Å². The van der Waals surface area contributed by atoms with Crippen LogP contribution in [0.5, 0.6) is 0 Å². The molecule has 0 radical (unpaired) electrons. The predicted octanol–water partition coefficient (Wildman–Crippen LogP) is 0.221. The Labute approximate surface area is 107 Å². The number of anilines is 1. The van der Waals surface area contributed by atoms with Crippen molar-refractivity contribution in [3.05, 3.63) is 11.3 Å². The van der Waals surface area contributed by atoms with Crippen molar-refractivity contribution >= 4 is 11.7 Å². The summed E-state index contributed by atoms with van der Waals surface area (Å²) in [7, 11) is 1.87. The Bertz CT molecular complexity index is 454. The monoisotopic (exact) mass is 251 g/mol. The van der Waals surface area contributed by atoms with Gasteiger partial charge in [0.2, 0.25) is 0 Å². The van der Waals surface area contributed by atoms with Crippen LogP contribution in [0.1, 0.15) is 24.1 Å². The first-order valence-corrected chi connectivity index (χ1v) is 6.28. The van der Waals surface area contributed by atoms with Crippen LogP contribution in [-0.4, -0.2) is 40.4 Å². The van der Waals surface area contributed by atoms with Crippen LogP contribution in [-0.2, 0) is 7.05 Å². The second-order valence-corrected chi connectivity index (χ2v) is 4.96. The van der Waals surface area contributed by atoms with Gasteiger partial charge in [-0.15, -0.1) is 0 Å². The highest BCUT2D eigenvalue weighted by Crippen LogP contribution is 2.27. The van der Waals surface area contributed by atoms with Crippen LogP contribution in [0, 0.1) is 18.3 Å². The van der Waals surface area contributed by atoms with Crippen molar-refractivity contribution < 1.29 is 5.11 Å². The summed E-state index contributed by atoms with van der Waals surface area (Å²) in [5.74, 6) is 1.26. The van der Waals surface area contributed by atoms with Crippen molar-refractivity contribution in [3.8, 4) is 0 Å². The lowest BCUT2D eigenvalue weighted by Crippen LogP contribution is -2.39. The molecular weight excluding hydrogens is 230 g/mol. The molecular formula is C12H21N5O. The summed E-state index contributed by atoms with van der Waals surface area (Å²) in [6.07, 6.45) is 2.10. The van der Waals surface area contributed by atoms with E-state index in [1.165, 1.54) is 0 Å². The fourth-order valence-electron chi connectivity index (χ4n) is 2.73. The fraction of sp³-hybridized carbons (Fsp3) is 0.667. The van der Waals surface area contributed by atoms with Gasteiger partial charge in [-0.3, -0.25) is 10.1 Å². The van der Waals surface area contributed by atoms with E-state index < -0.39 is 0 Å². The van der Waals surface area contributed by atoms with E-state index in [2.05, 4.69) is 10.00 Å². The van der Waals surface area contributed by atoms with Gasteiger partial charge in [-0.05, 0) is 25.7 Å². The lowest BCUT2D eigenvalue weighted by Gasteiger charge is -2.33. The zero-order valence-corrected chi connectivity index (χ0v) is 11.0. The van der Waals surface area contributed by atoms with Crippen molar-refractivity contribution in [3.63, 3.8) is 0 Å². The number of aliphatic hydroxyl groups is 1. The Balaban J connectivity index is 2.35. The van der Waals surface area contributed by atoms with E-state index in [1.807, 2.05) is 14.0 Å². The highest BCUT2D eigenvalue weighted by molar-refractivity contribution is 6.00. The maximum absolute atomic E-state index is 9.29. The Morgan fingerprint density at radius 3 is 2.94 bits per heavy atom. The van der Waals surface area contributed by atoms with Crippen molar-refractivity contribution in [2.75, 3.05) is 24.6 Å². The molecule has 1 aromatic rings. The SMILES string of the molecule is Cc1nn(C)c(N2CCCC(CO)C2)c1C(=N)N. The van der Waals surface area contributed by atoms with Gasteiger partial charge in [0, 0.05) is 26.7 Å². The highest BCUT2D eigenvalue weighted by Gasteiger charge is 2.26. The minimum atomic E-state index is 0.0571. The van der Waals surface area contributed by atoms with E-state index >= 15 is 0 Å². The average molecular weight is 251 g/mol. The van der Waals surface area contributed by atoms with Crippen LogP contribution < -0.4 is 10.6 Å². The van der Waals surface area contributed by atoms with Gasteiger partial charge in [-0.25, -0.2) is 0 Å². The summed E-state index contributed by atoms with van der Waals surface area (Å²) in [5.41, 5.74) is 7.16. The molecule has 2 heterocycles. The van der Waals surface area contributed by atoms with Gasteiger partial charge in [0.25, 0.3) is 0 Å². The predicted molar refractivity (Wildman–Crippen MR) is 71.0 cm³/mol. The van der Waals surface area contributed by atoms with Crippen LogP contribution in [0.2, 0.25) is 0 Å². The second-order valence-electron chi connectivity index (χ2n) is 4.96. The largest absolute Gasteiger partial charge is 0.396 e. The summed E-state index contributed by atoms with van der Waals surface area (Å²) in [5, 5.41) is 21.3. The molecule has 1 saturated heterocycles. The van der Waals surface area contributed by atoms with Crippen LogP contribution >= 0.6 is 0 Å². The zero-order chi connectivity index (χ0) is 13.3. The molecule has 6 heteroatoms. The Morgan fingerprint density at radius 2 is 2.33 bits per heavy atom. The molecule has 100 valence electrons. The third-order valence-electron chi connectivity index (χ3n) is 3.54. The lowest BCUT2D eigenvalue weighted by atomic mass is 9.98. The molecule has 18 heavy (non-hydrogen) atoms. The average Bonchev–Trinajstić information content (AvgIpc) is 2.64. The van der Waals surface area contributed by atoms with E-state index in [0.717, 1.165) is 43.0 Å². The van der Waals surface area contributed by atoms with Gasteiger partial charge < -0.3 is 15.7 Å². The molecule has 0 aliphatic carbocycles. The van der Waals surface area contributed by atoms with Crippen LogP contribution in [0.3, 0.4) is 0 Å². The number of aromatic nitrogens is 2. The molecule has 1 unspecified atom stereocenters. The molecule has 1 atom stereocenters. The summed E-state index contributed by atoms with van der Waals surface area (Å²) >= 11 is 0. The molecule has 6 nitrogen and oxygen atoms in total. The smallest absolute Gasteiger partial charge is 0.137 e. The molecule has 0 amide bonds. The molecule has 0 bridgehead atoms. The van der Waals surface area contributed by atoms with E-state index in [1.54, 1.807) is 4.68 Å². The number of aryl methyl sites for hydroxylation is 2. The molecule has 0 saturated carbocycles. The van der Waals surface area contributed by atoms with Gasteiger partial charge in [-0.2, -0.15) is 5.10 Å². The van der Waals surface area contributed by atoms with Crippen molar-refractivity contribution in [1.82, 2.24) is 9.78 Å². The van der Waals surface area contributed by atoms with Crippen LogP contribution in [0.25, 0.3) is 0 Å². The van der Waals surface area contributed by atoms with Crippen molar-refractivity contribution in [2.45, 2.75) is 19.8 Å². The minimum Gasteiger partial charge on any atom is -0.396 e. The molecule has 1 aromatic heterocycles. The van der Waals surface area contributed by atoms with E-state index in [4.69, 9.17) is 11.1 Å². The van der Waals surface area contributed by atoms with E-state index in [0.29, 0.717) is 5.92 Å². The number of hydrogen-bond acceptors (Lipinski definition) is 4. The number of aliphatic hydroxyl groups excluding tert-OH is 1. The van der Waals surface area contributed by atoms with Gasteiger partial charge in [0.15, 0.2) is 0 Å². The summed E-state index contributed by atoms with van der Waals surface area (Å²) < 4.78 is 1.78. The number of nitrogens with zero attached hydrogens (tertiary/aromatic N) is 3. The third-order valence-corrected chi connectivity index (χ3v) is 3.54. The fourth-order valence-corrected chi connectivity index (χ4v) is 2.73. The van der Waals surface area contributed by atoms with Crippen LogP contribution in [0.15, 0.2) is 0 Å². The molecule has 1 aliphatic heterocycles. The van der Waals surface area contributed by atoms with E-state index in [9.17, 15) is 5.11 Å².